The molecule has 1 fully saturated rings. The van der Waals surface area contributed by atoms with Crippen molar-refractivity contribution in [3.05, 3.63) is 11.8 Å². The van der Waals surface area contributed by atoms with Crippen molar-refractivity contribution in [2.75, 3.05) is 34.0 Å². The first-order valence-electron chi connectivity index (χ1n) is 10.1. The maximum atomic E-state index is 12.5. The first-order chi connectivity index (χ1) is 13.8. The molecule has 0 bridgehead atoms. The second-order valence-corrected chi connectivity index (χ2v) is 13.2. The summed E-state index contributed by atoms with van der Waals surface area (Å²) >= 11 is 0. The highest BCUT2D eigenvalue weighted by molar-refractivity contribution is 6.74. The van der Waals surface area contributed by atoms with Crippen LogP contribution in [-0.4, -0.2) is 75.8 Å². The molecule has 2 aliphatic rings. The van der Waals surface area contributed by atoms with Crippen LogP contribution in [0, 0.1) is 0 Å². The second-order valence-electron chi connectivity index (χ2n) is 8.48. The molecule has 9 nitrogen and oxygen atoms in total. The summed E-state index contributed by atoms with van der Waals surface area (Å²) in [5.74, 6) is -1.28. The molecule has 1 saturated heterocycles. The molecule has 2 heterocycles. The van der Waals surface area contributed by atoms with Crippen LogP contribution in [0.2, 0.25) is 18.1 Å². The molecule has 0 aromatic carbocycles. The van der Waals surface area contributed by atoms with E-state index in [0.29, 0.717) is 5.76 Å². The minimum Gasteiger partial charge on any atom is -0.545 e. The van der Waals surface area contributed by atoms with Gasteiger partial charge in [-0.15, -0.1) is 0 Å². The Balaban J connectivity index is 0.000000804. The number of nitrogens with zero attached hydrogens (tertiary/aromatic N) is 2. The van der Waals surface area contributed by atoms with E-state index < -0.39 is 31.8 Å². The topological polar surface area (TPSA) is 94.6 Å². The highest BCUT2D eigenvalue weighted by Crippen LogP contribution is 2.41. The van der Waals surface area contributed by atoms with Gasteiger partial charge in [0, 0.05) is 26.4 Å². The summed E-state index contributed by atoms with van der Waals surface area (Å²) < 4.78 is 21.3. The number of fused-ring (bicyclic) bond motifs is 1. The molecule has 0 saturated carbocycles. The van der Waals surface area contributed by atoms with Crippen molar-refractivity contribution in [1.82, 2.24) is 10.0 Å². The SMILES string of the molecule is CCOCC.COC(=O)C1(OC)C=C(O[Si](C)(C)C(C)(C)C)CN2C(=O)CC(=O)N21. The Morgan fingerprint density at radius 1 is 1.13 bits per heavy atom. The van der Waals surface area contributed by atoms with Crippen LogP contribution < -0.4 is 0 Å². The van der Waals surface area contributed by atoms with E-state index in [1.807, 2.05) is 13.8 Å². The van der Waals surface area contributed by atoms with Gasteiger partial charge in [-0.25, -0.2) is 14.8 Å². The van der Waals surface area contributed by atoms with Crippen LogP contribution in [0.15, 0.2) is 11.8 Å². The number of hydrazine groups is 1. The first-order valence-corrected chi connectivity index (χ1v) is 13.0. The number of hydrogen-bond acceptors (Lipinski definition) is 7. The summed E-state index contributed by atoms with van der Waals surface area (Å²) in [6, 6.07) is 0. The lowest BCUT2D eigenvalue weighted by atomic mass is 10.1. The van der Waals surface area contributed by atoms with Gasteiger partial charge in [-0.3, -0.25) is 9.59 Å². The Labute approximate surface area is 180 Å². The minimum absolute atomic E-state index is 0.0726. The van der Waals surface area contributed by atoms with Crippen LogP contribution >= 0.6 is 0 Å². The van der Waals surface area contributed by atoms with Crippen molar-refractivity contribution in [3.63, 3.8) is 0 Å². The highest BCUT2D eigenvalue weighted by atomic mass is 28.4. The largest absolute Gasteiger partial charge is 0.545 e. The van der Waals surface area contributed by atoms with Crippen LogP contribution in [0.5, 0.6) is 0 Å². The van der Waals surface area contributed by atoms with Crippen LogP contribution in [0.1, 0.15) is 41.0 Å². The maximum absolute atomic E-state index is 12.5. The molecule has 10 heteroatoms. The van der Waals surface area contributed by atoms with E-state index in [1.165, 1.54) is 25.3 Å². The number of carbonyl (C=O) groups excluding carboxylic acids is 3. The van der Waals surface area contributed by atoms with Gasteiger partial charge in [-0.05, 0) is 32.0 Å². The van der Waals surface area contributed by atoms with Crippen LogP contribution in [0.3, 0.4) is 0 Å². The van der Waals surface area contributed by atoms with Crippen molar-refractivity contribution in [1.29, 1.82) is 0 Å². The monoisotopic (exact) mass is 444 g/mol. The van der Waals surface area contributed by atoms with E-state index in [0.717, 1.165) is 18.2 Å². The fourth-order valence-corrected chi connectivity index (χ4v) is 3.89. The lowest BCUT2D eigenvalue weighted by Gasteiger charge is -2.46. The Morgan fingerprint density at radius 3 is 2.10 bits per heavy atom. The van der Waals surface area contributed by atoms with Crippen LogP contribution in [-0.2, 0) is 33.0 Å². The zero-order valence-corrected chi connectivity index (χ0v) is 20.7. The van der Waals surface area contributed by atoms with Crippen molar-refractivity contribution in [3.8, 4) is 0 Å². The molecule has 1 atom stereocenters. The Morgan fingerprint density at radius 2 is 1.70 bits per heavy atom. The van der Waals surface area contributed by atoms with E-state index in [-0.39, 0.29) is 18.0 Å². The van der Waals surface area contributed by atoms with Gasteiger partial charge in [0.15, 0.2) is 0 Å². The summed E-state index contributed by atoms with van der Waals surface area (Å²) in [6.45, 7) is 16.1. The first kappa shape index (κ1) is 26.1. The van der Waals surface area contributed by atoms with Crippen molar-refractivity contribution in [2.24, 2.45) is 0 Å². The number of carbonyl (C=O) groups is 3. The zero-order chi connectivity index (χ0) is 23.3. The summed E-state index contributed by atoms with van der Waals surface area (Å²) in [5.41, 5.74) is -1.84. The smallest absolute Gasteiger partial charge is 0.366 e. The lowest BCUT2D eigenvalue weighted by molar-refractivity contribution is -0.216. The molecule has 2 rings (SSSR count). The van der Waals surface area contributed by atoms with E-state index in [4.69, 9.17) is 18.6 Å². The molecular formula is C20H36N2O7Si. The van der Waals surface area contributed by atoms with E-state index >= 15 is 0 Å². The molecular weight excluding hydrogens is 408 g/mol. The van der Waals surface area contributed by atoms with Gasteiger partial charge in [0.1, 0.15) is 12.2 Å². The van der Waals surface area contributed by atoms with Gasteiger partial charge in [0.2, 0.25) is 8.32 Å². The summed E-state index contributed by atoms with van der Waals surface area (Å²) in [4.78, 5) is 37.0. The van der Waals surface area contributed by atoms with Crippen molar-refractivity contribution in [2.45, 2.75) is 64.9 Å². The average Bonchev–Trinajstić information content (AvgIpc) is 2.94. The quantitative estimate of drug-likeness (QED) is 0.353. The summed E-state index contributed by atoms with van der Waals surface area (Å²) in [6.07, 6.45) is 1.13. The fourth-order valence-electron chi connectivity index (χ4n) is 2.80. The molecule has 0 spiro atoms. The van der Waals surface area contributed by atoms with Gasteiger partial charge < -0.3 is 18.6 Å². The van der Waals surface area contributed by atoms with Crippen molar-refractivity contribution >= 4 is 26.1 Å². The van der Waals surface area contributed by atoms with Gasteiger partial charge in [0.05, 0.1) is 13.7 Å². The fraction of sp³-hybridized carbons (Fsp3) is 0.750. The number of esters is 1. The number of rotatable bonds is 6. The Hall–Kier alpha value is -1.91. The number of ether oxygens (including phenoxy) is 3. The normalized spacial score (nSPS) is 21.6. The van der Waals surface area contributed by atoms with Crippen LogP contribution in [0.25, 0.3) is 0 Å². The molecule has 172 valence electrons. The molecule has 1 unspecified atom stereocenters. The lowest BCUT2D eigenvalue weighted by Crippen LogP contribution is -2.64. The molecule has 2 amide bonds. The average molecular weight is 445 g/mol. The Bertz CT molecular complexity index is 685. The molecule has 0 radical (unpaired) electrons. The number of amides is 2. The summed E-state index contributed by atoms with van der Waals surface area (Å²) in [5, 5.41) is 2.15. The predicted molar refractivity (Wildman–Crippen MR) is 113 cm³/mol. The molecule has 0 aromatic rings. The summed E-state index contributed by atoms with van der Waals surface area (Å²) in [7, 11) is 0.277. The second kappa shape index (κ2) is 9.93. The molecule has 30 heavy (non-hydrogen) atoms. The van der Waals surface area contributed by atoms with Gasteiger partial charge >= 0.3 is 5.97 Å². The molecule has 0 aromatic heterocycles. The molecule has 2 aliphatic heterocycles. The van der Waals surface area contributed by atoms with Crippen molar-refractivity contribution < 1.29 is 33.0 Å². The number of methoxy groups -OCH3 is 2. The standard InChI is InChI=1S/C16H26N2O6Si.C4H10O/c1-15(2,3)25(6,7)24-11-9-16(23-5,14(21)22-4)18-13(20)8-12(19)17(18)10-11;1-3-5-4-2/h9H,8,10H2,1-7H3;3-4H2,1-2H3. The maximum Gasteiger partial charge on any atom is 0.366 e. The zero-order valence-electron chi connectivity index (χ0n) is 19.7. The van der Waals surface area contributed by atoms with E-state index in [9.17, 15) is 14.4 Å². The predicted octanol–water partition coefficient (Wildman–Crippen LogP) is 2.44. The third-order valence-electron chi connectivity index (χ3n) is 5.43. The highest BCUT2D eigenvalue weighted by Gasteiger charge is 2.58. The Kier molecular flexibility index (Phi) is 8.65. The van der Waals surface area contributed by atoms with Gasteiger partial charge in [0.25, 0.3) is 17.5 Å². The number of hydrogen-bond donors (Lipinski definition) is 0. The third-order valence-corrected chi connectivity index (χ3v) is 9.82. The minimum atomic E-state index is -2.21. The third kappa shape index (κ3) is 5.22. The van der Waals surface area contributed by atoms with Gasteiger partial charge in [-0.2, -0.15) is 0 Å². The van der Waals surface area contributed by atoms with E-state index in [1.54, 1.807) is 0 Å². The molecule has 0 N–H and O–H groups in total. The van der Waals surface area contributed by atoms with Crippen LogP contribution in [0.4, 0.5) is 0 Å². The van der Waals surface area contributed by atoms with Gasteiger partial charge in [-0.1, -0.05) is 20.8 Å². The van der Waals surface area contributed by atoms with E-state index in [2.05, 4.69) is 33.9 Å². The molecule has 0 aliphatic carbocycles.